The third kappa shape index (κ3) is 3.92. The van der Waals surface area contributed by atoms with Gasteiger partial charge in [-0.15, -0.1) is 0 Å². The Labute approximate surface area is 208 Å². The number of carbonyl (C=O) groups is 2. The van der Waals surface area contributed by atoms with Crippen LogP contribution >= 0.6 is 0 Å². The molecule has 1 aliphatic rings. The number of pyridine rings is 1. The molecule has 0 saturated carbocycles. The maximum atomic E-state index is 13.4. The Morgan fingerprint density at radius 2 is 1.75 bits per heavy atom. The number of Topliss-reactive ketones (excluding diaryl/α,β-unsaturated/α-hetero) is 1. The summed E-state index contributed by atoms with van der Waals surface area (Å²) in [5, 5.41) is 15.9. The molecule has 0 radical (unpaired) electrons. The summed E-state index contributed by atoms with van der Waals surface area (Å²) in [6, 6.07) is 19.4. The molecule has 2 aromatic heterocycles. The van der Waals surface area contributed by atoms with Gasteiger partial charge in [-0.3, -0.25) is 14.6 Å². The molecule has 8 nitrogen and oxygen atoms in total. The van der Waals surface area contributed by atoms with Crippen LogP contribution in [0.5, 0.6) is 5.75 Å². The molecule has 0 spiro atoms. The predicted molar refractivity (Wildman–Crippen MR) is 133 cm³/mol. The number of para-hydroxylation sites is 2. The Morgan fingerprint density at radius 1 is 1.00 bits per heavy atom. The Kier molecular flexibility index (Phi) is 6.08. The van der Waals surface area contributed by atoms with Gasteiger partial charge >= 0.3 is 0 Å². The first-order valence-corrected chi connectivity index (χ1v) is 11.4. The molecule has 5 rings (SSSR count). The zero-order valence-corrected chi connectivity index (χ0v) is 19.8. The third-order valence-electron chi connectivity index (χ3n) is 6.31. The van der Waals surface area contributed by atoms with Crippen molar-refractivity contribution in [3.63, 3.8) is 0 Å². The third-order valence-corrected chi connectivity index (χ3v) is 6.31. The highest BCUT2D eigenvalue weighted by Crippen LogP contribution is 2.43. The van der Waals surface area contributed by atoms with Crippen molar-refractivity contribution in [2.24, 2.45) is 0 Å². The van der Waals surface area contributed by atoms with Crippen molar-refractivity contribution < 1.29 is 19.4 Å². The van der Waals surface area contributed by atoms with Crippen molar-refractivity contribution >= 4 is 17.4 Å². The number of ketones is 1. The molecule has 180 valence electrons. The van der Waals surface area contributed by atoms with Crippen LogP contribution in [-0.4, -0.2) is 43.6 Å². The van der Waals surface area contributed by atoms with Crippen LogP contribution in [0.15, 0.2) is 90.9 Å². The van der Waals surface area contributed by atoms with Crippen LogP contribution < -0.4 is 4.74 Å². The maximum absolute atomic E-state index is 13.4. The second-order valence-electron chi connectivity index (χ2n) is 8.42. The molecule has 1 unspecified atom stereocenters. The van der Waals surface area contributed by atoms with Crippen molar-refractivity contribution in [1.82, 2.24) is 19.7 Å². The summed E-state index contributed by atoms with van der Waals surface area (Å²) >= 11 is 0. The van der Waals surface area contributed by atoms with E-state index in [-0.39, 0.29) is 17.9 Å². The fraction of sp³-hybridized carbons (Fsp3) is 0.143. The fourth-order valence-electron chi connectivity index (χ4n) is 4.56. The number of methoxy groups -OCH3 is 1. The predicted octanol–water partition coefficient (Wildman–Crippen LogP) is 4.21. The largest absolute Gasteiger partial charge is 0.507 e. The van der Waals surface area contributed by atoms with Gasteiger partial charge in [-0.25, -0.2) is 4.68 Å². The van der Waals surface area contributed by atoms with Gasteiger partial charge in [0.25, 0.3) is 11.7 Å². The Hall–Kier alpha value is -4.72. The fourth-order valence-corrected chi connectivity index (χ4v) is 4.56. The molecule has 8 heteroatoms. The summed E-state index contributed by atoms with van der Waals surface area (Å²) < 4.78 is 7.24. The lowest BCUT2D eigenvalue weighted by atomic mass is 9.94. The van der Waals surface area contributed by atoms with Crippen LogP contribution in [0, 0.1) is 6.92 Å². The van der Waals surface area contributed by atoms with Gasteiger partial charge < -0.3 is 14.7 Å². The summed E-state index contributed by atoms with van der Waals surface area (Å²) in [7, 11) is 1.53. The second kappa shape index (κ2) is 9.50. The minimum Gasteiger partial charge on any atom is -0.507 e. The summed E-state index contributed by atoms with van der Waals surface area (Å²) in [5.74, 6) is -1.25. The van der Waals surface area contributed by atoms with Gasteiger partial charge in [0.1, 0.15) is 11.5 Å². The second-order valence-corrected chi connectivity index (χ2v) is 8.42. The number of aliphatic hydroxyl groups is 1. The molecule has 1 saturated heterocycles. The number of amides is 1. The number of carbonyl (C=O) groups excluding carboxylic acids is 2. The van der Waals surface area contributed by atoms with E-state index in [0.717, 1.165) is 11.3 Å². The van der Waals surface area contributed by atoms with E-state index in [4.69, 9.17) is 4.74 Å². The van der Waals surface area contributed by atoms with E-state index in [0.29, 0.717) is 22.6 Å². The number of benzene rings is 2. The summed E-state index contributed by atoms with van der Waals surface area (Å²) in [5.41, 5.74) is 3.16. The monoisotopic (exact) mass is 480 g/mol. The Morgan fingerprint density at radius 3 is 2.47 bits per heavy atom. The van der Waals surface area contributed by atoms with E-state index in [9.17, 15) is 14.7 Å². The number of nitrogens with zero attached hydrogens (tertiary/aromatic N) is 4. The number of hydrogen-bond acceptors (Lipinski definition) is 6. The molecular formula is C28H24N4O4. The molecule has 1 fully saturated rings. The zero-order chi connectivity index (χ0) is 25.2. The highest BCUT2D eigenvalue weighted by atomic mass is 16.5. The van der Waals surface area contributed by atoms with Crippen LogP contribution in [-0.2, 0) is 16.1 Å². The average Bonchev–Trinajstić information content (AvgIpc) is 3.42. The van der Waals surface area contributed by atoms with Gasteiger partial charge in [-0.2, -0.15) is 5.10 Å². The van der Waals surface area contributed by atoms with Gasteiger partial charge in [-0.05, 0) is 36.8 Å². The Balaban J connectivity index is 1.68. The van der Waals surface area contributed by atoms with Crippen LogP contribution in [0.2, 0.25) is 0 Å². The summed E-state index contributed by atoms with van der Waals surface area (Å²) in [4.78, 5) is 32.3. The lowest BCUT2D eigenvalue weighted by Gasteiger charge is -2.26. The number of rotatable bonds is 6. The van der Waals surface area contributed by atoms with E-state index < -0.39 is 17.7 Å². The minimum atomic E-state index is -0.860. The van der Waals surface area contributed by atoms with Crippen LogP contribution in [0.1, 0.15) is 28.4 Å². The Bertz CT molecular complexity index is 1460. The molecule has 0 aliphatic carbocycles. The molecule has 1 N–H and O–H groups in total. The molecule has 1 amide bonds. The lowest BCUT2D eigenvalue weighted by molar-refractivity contribution is -0.140. The summed E-state index contributed by atoms with van der Waals surface area (Å²) in [6.07, 6.45) is 4.79. The van der Waals surface area contributed by atoms with E-state index in [1.807, 2.05) is 42.5 Å². The molecule has 4 aromatic rings. The minimum absolute atomic E-state index is 0.0101. The molecule has 3 heterocycles. The quantitative estimate of drug-likeness (QED) is 0.252. The first-order valence-electron chi connectivity index (χ1n) is 11.4. The van der Waals surface area contributed by atoms with Gasteiger partial charge in [-0.1, -0.05) is 42.5 Å². The SMILES string of the molecule is COc1ccccc1C1/C(=C(\O)c2cnn(-c3ccccc3)c2C)C(=O)C(=O)N1Cc1cccnc1. The molecular weight excluding hydrogens is 456 g/mol. The van der Waals surface area contributed by atoms with E-state index >= 15 is 0 Å². The number of aromatic nitrogens is 3. The van der Waals surface area contributed by atoms with Gasteiger partial charge in [0.05, 0.1) is 41.9 Å². The number of likely N-dealkylation sites (tertiary alicyclic amines) is 1. The van der Waals surface area contributed by atoms with E-state index in [1.165, 1.54) is 18.2 Å². The molecule has 36 heavy (non-hydrogen) atoms. The van der Waals surface area contributed by atoms with Crippen molar-refractivity contribution in [3.8, 4) is 11.4 Å². The van der Waals surface area contributed by atoms with Gasteiger partial charge in [0, 0.05) is 24.5 Å². The topological polar surface area (TPSA) is 97.5 Å². The van der Waals surface area contributed by atoms with E-state index in [2.05, 4.69) is 10.1 Å². The van der Waals surface area contributed by atoms with Crippen molar-refractivity contribution in [1.29, 1.82) is 0 Å². The number of ether oxygens (including phenoxy) is 1. The standard InChI is InChI=1S/C28H24N4O4/c1-18-22(16-30-32(18)20-10-4-3-5-11-20)26(33)24-25(21-12-6-7-13-23(21)36-2)31(28(35)27(24)34)17-19-9-8-14-29-15-19/h3-16,25,33H,17H2,1-2H3/b26-24+. The van der Waals surface area contributed by atoms with Gasteiger partial charge in [0.2, 0.25) is 0 Å². The zero-order valence-electron chi connectivity index (χ0n) is 19.8. The van der Waals surface area contributed by atoms with Crippen molar-refractivity contribution in [2.45, 2.75) is 19.5 Å². The van der Waals surface area contributed by atoms with Crippen LogP contribution in [0.25, 0.3) is 11.4 Å². The molecule has 1 aliphatic heterocycles. The smallest absolute Gasteiger partial charge is 0.295 e. The van der Waals surface area contributed by atoms with Crippen molar-refractivity contribution in [2.75, 3.05) is 7.11 Å². The highest BCUT2D eigenvalue weighted by Gasteiger charge is 2.47. The average molecular weight is 481 g/mol. The maximum Gasteiger partial charge on any atom is 0.295 e. The van der Waals surface area contributed by atoms with E-state index in [1.54, 1.807) is 48.3 Å². The van der Waals surface area contributed by atoms with Gasteiger partial charge in [0.15, 0.2) is 0 Å². The van der Waals surface area contributed by atoms with Crippen LogP contribution in [0.4, 0.5) is 0 Å². The lowest BCUT2D eigenvalue weighted by Crippen LogP contribution is -2.29. The number of aliphatic hydroxyl groups excluding tert-OH is 1. The molecule has 1 atom stereocenters. The van der Waals surface area contributed by atoms with Crippen molar-refractivity contribution in [3.05, 3.63) is 113 Å². The molecule has 0 bridgehead atoms. The first kappa shape index (κ1) is 23.0. The summed E-state index contributed by atoms with van der Waals surface area (Å²) in [6.45, 7) is 1.94. The number of hydrogen-bond donors (Lipinski definition) is 1. The normalized spacial score (nSPS) is 16.9. The molecule has 2 aromatic carbocycles. The van der Waals surface area contributed by atoms with Crippen LogP contribution in [0.3, 0.4) is 0 Å². The highest BCUT2D eigenvalue weighted by molar-refractivity contribution is 6.46. The first-order chi connectivity index (χ1) is 17.5.